The van der Waals surface area contributed by atoms with E-state index >= 15 is 0 Å². The van der Waals surface area contributed by atoms with Crippen molar-refractivity contribution in [2.45, 2.75) is 39.5 Å². The molecule has 0 saturated heterocycles. The quantitative estimate of drug-likeness (QED) is 0.584. The molecule has 0 aromatic heterocycles. The first-order chi connectivity index (χ1) is 10.3. The largest absolute Gasteiger partial charge is 0.0991 e. The molecule has 1 heteroatoms. The van der Waals surface area contributed by atoms with Crippen molar-refractivity contribution in [2.75, 3.05) is 12.3 Å². The minimum atomic E-state index is -1.23. The molecule has 0 atom stereocenters. The van der Waals surface area contributed by atoms with E-state index in [2.05, 4.69) is 74.5 Å². The fourth-order valence-electron chi connectivity index (χ4n) is 3.06. The fraction of sp³-hybridized carbons (Fsp3) is 0.400. The summed E-state index contributed by atoms with van der Waals surface area (Å²) in [5, 5.41) is 3.19. The lowest BCUT2D eigenvalue weighted by Crippen LogP contribution is -2.27. The molecule has 0 saturated carbocycles. The highest BCUT2D eigenvalue weighted by Crippen LogP contribution is 2.57. The second-order valence-electron chi connectivity index (χ2n) is 5.79. The zero-order chi connectivity index (χ0) is 15.0. The monoisotopic (exact) mass is 299 g/mol. The van der Waals surface area contributed by atoms with Crippen LogP contribution in [0, 0.1) is 0 Å². The Morgan fingerprint density at radius 2 is 1.00 bits per heavy atom. The molecule has 0 spiro atoms. The Bertz CT molecular complexity index is 454. The Morgan fingerprint density at radius 3 is 1.33 bits per heavy atom. The molecule has 2 aromatic rings. The van der Waals surface area contributed by atoms with Crippen LogP contribution in [0.3, 0.4) is 0 Å². The van der Waals surface area contributed by atoms with Crippen molar-refractivity contribution in [2.24, 2.45) is 0 Å². The summed E-state index contributed by atoms with van der Waals surface area (Å²) in [5.74, 6) is 0. The van der Waals surface area contributed by atoms with E-state index in [-0.39, 0.29) is 0 Å². The van der Waals surface area contributed by atoms with Crippen LogP contribution in [0.4, 0.5) is 0 Å². The summed E-state index contributed by atoms with van der Waals surface area (Å²) >= 11 is 0. The van der Waals surface area contributed by atoms with E-state index in [0.717, 1.165) is 0 Å². The van der Waals surface area contributed by atoms with E-state index in [9.17, 15) is 0 Å². The van der Waals surface area contributed by atoms with Crippen molar-refractivity contribution < 1.29 is 0 Å². The van der Waals surface area contributed by atoms with Gasteiger partial charge in [-0.25, -0.2) is 0 Å². The average Bonchev–Trinajstić information content (AvgIpc) is 2.57. The van der Waals surface area contributed by atoms with Gasteiger partial charge in [-0.3, -0.25) is 0 Å². The lowest BCUT2D eigenvalue weighted by molar-refractivity contribution is 0.866. The standard InChI is InChI=1S/C20H28P/c1-3-5-17-21(18-6-4-2,19-13-9-7-10-14-19)20-15-11-8-12-16-20/h7-16H,3-6,17-18H2,1-2H3/q+1. The van der Waals surface area contributed by atoms with Gasteiger partial charge < -0.3 is 0 Å². The SMILES string of the molecule is CCCC[P+](CCCC)(c1ccccc1)c1ccccc1. The molecule has 21 heavy (non-hydrogen) atoms. The molecule has 112 valence electrons. The molecule has 2 aromatic carbocycles. The second-order valence-corrected chi connectivity index (χ2v) is 9.66. The van der Waals surface area contributed by atoms with Crippen LogP contribution >= 0.6 is 7.26 Å². The van der Waals surface area contributed by atoms with E-state index in [0.29, 0.717) is 0 Å². The summed E-state index contributed by atoms with van der Waals surface area (Å²) < 4.78 is 0. The van der Waals surface area contributed by atoms with Gasteiger partial charge in [-0.1, -0.05) is 63.1 Å². The normalized spacial score (nSPS) is 11.5. The van der Waals surface area contributed by atoms with Gasteiger partial charge in [0, 0.05) is 0 Å². The molecule has 0 aliphatic rings. The van der Waals surface area contributed by atoms with Crippen LogP contribution in [0.25, 0.3) is 0 Å². The van der Waals surface area contributed by atoms with Crippen LogP contribution in [0.2, 0.25) is 0 Å². The predicted molar refractivity (Wildman–Crippen MR) is 98.6 cm³/mol. The maximum atomic E-state index is 2.37. The Balaban J connectivity index is 2.48. The molecule has 0 aliphatic heterocycles. The smallest absolute Gasteiger partial charge is 0.0652 e. The zero-order valence-electron chi connectivity index (χ0n) is 13.5. The Kier molecular flexibility index (Phi) is 6.46. The Hall–Kier alpha value is -1.13. The highest BCUT2D eigenvalue weighted by Gasteiger charge is 2.40. The Morgan fingerprint density at radius 1 is 0.619 bits per heavy atom. The number of benzene rings is 2. The van der Waals surface area contributed by atoms with E-state index in [1.165, 1.54) is 38.0 Å². The molecule has 0 bridgehead atoms. The van der Waals surface area contributed by atoms with E-state index in [1.54, 1.807) is 10.6 Å². The topological polar surface area (TPSA) is 0 Å². The van der Waals surface area contributed by atoms with Crippen LogP contribution in [0.1, 0.15) is 39.5 Å². The molecule has 0 fully saturated rings. The average molecular weight is 299 g/mol. The first-order valence-electron chi connectivity index (χ1n) is 8.32. The third kappa shape index (κ3) is 3.95. The van der Waals surface area contributed by atoms with Crippen molar-refractivity contribution >= 4 is 17.9 Å². The molecule has 0 nitrogen and oxygen atoms in total. The third-order valence-electron chi connectivity index (χ3n) is 4.29. The van der Waals surface area contributed by atoms with Gasteiger partial charge in [-0.05, 0) is 37.1 Å². The van der Waals surface area contributed by atoms with Crippen LogP contribution in [-0.2, 0) is 0 Å². The minimum absolute atomic E-state index is 1.23. The summed E-state index contributed by atoms with van der Waals surface area (Å²) in [6, 6.07) is 22.6. The number of unbranched alkanes of at least 4 members (excludes halogenated alkanes) is 2. The first-order valence-corrected chi connectivity index (χ1v) is 10.5. The van der Waals surface area contributed by atoms with Crippen molar-refractivity contribution in [3.8, 4) is 0 Å². The highest BCUT2D eigenvalue weighted by molar-refractivity contribution is 7.89. The van der Waals surface area contributed by atoms with E-state index in [4.69, 9.17) is 0 Å². The molecule has 0 radical (unpaired) electrons. The number of rotatable bonds is 8. The van der Waals surface area contributed by atoms with Gasteiger partial charge in [0.2, 0.25) is 0 Å². The maximum absolute atomic E-state index is 2.37. The summed E-state index contributed by atoms with van der Waals surface area (Å²) in [4.78, 5) is 0. The van der Waals surface area contributed by atoms with Crippen LogP contribution < -0.4 is 10.6 Å². The fourth-order valence-corrected chi connectivity index (χ4v) is 7.81. The second kappa shape index (κ2) is 8.35. The predicted octanol–water partition coefficient (Wildman–Crippen LogP) is 5.26. The van der Waals surface area contributed by atoms with E-state index in [1.807, 2.05) is 0 Å². The molecular formula is C20H28P+. The van der Waals surface area contributed by atoms with Crippen LogP contribution in [0.15, 0.2) is 60.7 Å². The van der Waals surface area contributed by atoms with Crippen molar-refractivity contribution in [3.05, 3.63) is 60.7 Å². The molecule has 0 N–H and O–H groups in total. The molecule has 2 rings (SSSR count). The lowest BCUT2D eigenvalue weighted by atomic mass is 10.4. The third-order valence-corrected chi connectivity index (χ3v) is 9.02. The highest BCUT2D eigenvalue weighted by atomic mass is 31.2. The lowest BCUT2D eigenvalue weighted by Gasteiger charge is -2.27. The summed E-state index contributed by atoms with van der Waals surface area (Å²) in [6.07, 6.45) is 7.96. The zero-order valence-corrected chi connectivity index (χ0v) is 14.4. The van der Waals surface area contributed by atoms with Gasteiger partial charge in [0.1, 0.15) is 0 Å². The van der Waals surface area contributed by atoms with Crippen molar-refractivity contribution in [1.82, 2.24) is 0 Å². The number of hydrogen-bond acceptors (Lipinski definition) is 0. The van der Waals surface area contributed by atoms with Gasteiger partial charge in [0.15, 0.2) is 0 Å². The van der Waals surface area contributed by atoms with Gasteiger partial charge in [0.25, 0.3) is 0 Å². The van der Waals surface area contributed by atoms with Gasteiger partial charge in [0.05, 0.1) is 30.2 Å². The summed E-state index contributed by atoms with van der Waals surface area (Å²) in [7, 11) is -1.23. The van der Waals surface area contributed by atoms with E-state index < -0.39 is 7.26 Å². The van der Waals surface area contributed by atoms with Gasteiger partial charge in [-0.15, -0.1) is 0 Å². The van der Waals surface area contributed by atoms with Crippen molar-refractivity contribution in [3.63, 3.8) is 0 Å². The molecule has 0 heterocycles. The van der Waals surface area contributed by atoms with Gasteiger partial charge >= 0.3 is 0 Å². The van der Waals surface area contributed by atoms with Crippen molar-refractivity contribution in [1.29, 1.82) is 0 Å². The number of hydrogen-bond donors (Lipinski definition) is 0. The molecule has 0 unspecified atom stereocenters. The summed E-state index contributed by atoms with van der Waals surface area (Å²) in [5.41, 5.74) is 0. The van der Waals surface area contributed by atoms with Crippen LogP contribution in [0.5, 0.6) is 0 Å². The maximum Gasteiger partial charge on any atom is 0.0991 e. The first kappa shape index (κ1) is 16.2. The molecule has 0 amide bonds. The molecular weight excluding hydrogens is 271 g/mol. The molecule has 0 aliphatic carbocycles. The summed E-state index contributed by atoms with van der Waals surface area (Å²) in [6.45, 7) is 4.62. The van der Waals surface area contributed by atoms with Crippen LogP contribution in [-0.4, -0.2) is 12.3 Å². The van der Waals surface area contributed by atoms with Gasteiger partial charge in [-0.2, -0.15) is 0 Å². The Labute approximate surface area is 130 Å². The minimum Gasteiger partial charge on any atom is -0.0652 e.